The number of amides is 1. The SMILES string of the molecule is Cc1nc2cnccc2n1Cc1ccc(C(=O)c2cn(CCNC(=O)OC(C)(C)C)c3cc(-c4ccc(F)cc4)ccc23)cc1. The van der Waals surface area contributed by atoms with E-state index in [0.29, 0.717) is 30.8 Å². The molecule has 3 aromatic carbocycles. The zero-order valence-electron chi connectivity index (χ0n) is 25.7. The Morgan fingerprint density at radius 1 is 0.933 bits per heavy atom. The molecule has 0 aliphatic rings. The number of hydrogen-bond donors (Lipinski definition) is 1. The number of fused-ring (bicyclic) bond motifs is 2. The van der Waals surface area contributed by atoms with Crippen molar-refractivity contribution in [1.29, 1.82) is 0 Å². The van der Waals surface area contributed by atoms with Gasteiger partial charge in [0.2, 0.25) is 0 Å². The fourth-order valence-corrected chi connectivity index (χ4v) is 5.47. The topological polar surface area (TPSA) is 91.0 Å². The van der Waals surface area contributed by atoms with Crippen LogP contribution in [-0.4, -0.2) is 43.1 Å². The first kappa shape index (κ1) is 29.7. The number of carbonyl (C=O) groups is 2. The van der Waals surface area contributed by atoms with Crippen LogP contribution in [0.15, 0.2) is 91.4 Å². The molecule has 0 aliphatic heterocycles. The first-order valence-corrected chi connectivity index (χ1v) is 14.8. The summed E-state index contributed by atoms with van der Waals surface area (Å²) < 4.78 is 23.0. The molecule has 0 radical (unpaired) electrons. The highest BCUT2D eigenvalue weighted by Crippen LogP contribution is 2.30. The second kappa shape index (κ2) is 12.0. The lowest BCUT2D eigenvalue weighted by Crippen LogP contribution is -2.34. The summed E-state index contributed by atoms with van der Waals surface area (Å²) in [5.74, 6) is 0.489. The molecule has 0 unspecified atom stereocenters. The van der Waals surface area contributed by atoms with Crippen LogP contribution in [0.1, 0.15) is 48.1 Å². The van der Waals surface area contributed by atoms with Crippen LogP contribution < -0.4 is 5.32 Å². The maximum absolute atomic E-state index is 13.9. The Morgan fingerprint density at radius 3 is 2.40 bits per heavy atom. The molecule has 6 aromatic rings. The fourth-order valence-electron chi connectivity index (χ4n) is 5.47. The van der Waals surface area contributed by atoms with Crippen molar-refractivity contribution in [2.75, 3.05) is 6.54 Å². The first-order chi connectivity index (χ1) is 21.6. The summed E-state index contributed by atoms with van der Waals surface area (Å²) in [4.78, 5) is 34.9. The Hall–Kier alpha value is -5.31. The van der Waals surface area contributed by atoms with Gasteiger partial charge in [-0.2, -0.15) is 0 Å². The number of alkyl carbamates (subject to hydrolysis) is 1. The third-order valence-corrected chi connectivity index (χ3v) is 7.62. The van der Waals surface area contributed by atoms with Gasteiger partial charge in [-0.25, -0.2) is 14.2 Å². The van der Waals surface area contributed by atoms with Crippen LogP contribution in [0.2, 0.25) is 0 Å². The number of rotatable bonds is 8. The van der Waals surface area contributed by atoms with Crippen molar-refractivity contribution in [3.05, 3.63) is 120 Å². The number of halogens is 1. The minimum absolute atomic E-state index is 0.102. The van der Waals surface area contributed by atoms with Gasteiger partial charge in [-0.05, 0) is 68.7 Å². The van der Waals surface area contributed by atoms with E-state index in [9.17, 15) is 14.0 Å². The molecule has 8 nitrogen and oxygen atoms in total. The third-order valence-electron chi connectivity index (χ3n) is 7.62. The molecule has 0 aliphatic carbocycles. The Morgan fingerprint density at radius 2 is 1.67 bits per heavy atom. The zero-order valence-corrected chi connectivity index (χ0v) is 25.7. The standard InChI is InChI=1S/C36H34FN5O3/c1-23-40-31-20-38-16-15-32(31)42(23)21-24-5-7-26(8-6-24)34(43)30-22-41(18-17-39-35(44)45-36(2,3)4)33-19-27(11-14-29(30)33)25-9-12-28(37)13-10-25/h5-16,19-20,22H,17-18,21H2,1-4H3,(H,39,44). The van der Waals surface area contributed by atoms with E-state index in [-0.39, 0.29) is 11.6 Å². The van der Waals surface area contributed by atoms with Crippen molar-refractivity contribution < 1.29 is 18.7 Å². The first-order valence-electron chi connectivity index (χ1n) is 14.8. The Labute approximate surface area is 260 Å². The van der Waals surface area contributed by atoms with Gasteiger partial charge < -0.3 is 19.2 Å². The van der Waals surface area contributed by atoms with Crippen LogP contribution in [-0.2, 0) is 17.8 Å². The molecule has 0 saturated heterocycles. The number of aromatic nitrogens is 4. The van der Waals surface area contributed by atoms with E-state index in [1.807, 2.05) is 87.0 Å². The molecule has 9 heteroatoms. The third kappa shape index (κ3) is 6.47. The van der Waals surface area contributed by atoms with Crippen LogP contribution in [0.4, 0.5) is 9.18 Å². The summed E-state index contributed by atoms with van der Waals surface area (Å²) in [6.45, 7) is 8.75. The number of benzene rings is 3. The molecular weight excluding hydrogens is 569 g/mol. The molecule has 0 bridgehead atoms. The van der Waals surface area contributed by atoms with Gasteiger partial charge in [0.05, 0.1) is 11.7 Å². The molecule has 0 atom stereocenters. The number of pyridine rings is 1. The Bertz CT molecular complexity index is 2020. The smallest absolute Gasteiger partial charge is 0.407 e. The number of nitrogens with one attached hydrogen (secondary N) is 1. The van der Waals surface area contributed by atoms with Crippen molar-refractivity contribution in [1.82, 2.24) is 24.4 Å². The fraction of sp³-hybridized carbons (Fsp3) is 0.222. The lowest BCUT2D eigenvalue weighted by atomic mass is 9.99. The number of carbonyl (C=O) groups excluding carboxylic acids is 2. The van der Waals surface area contributed by atoms with Crippen LogP contribution >= 0.6 is 0 Å². The minimum Gasteiger partial charge on any atom is -0.444 e. The highest BCUT2D eigenvalue weighted by molar-refractivity contribution is 6.16. The second-order valence-electron chi connectivity index (χ2n) is 12.0. The molecule has 0 fully saturated rings. The average Bonchev–Trinajstić information content (AvgIpc) is 3.53. The van der Waals surface area contributed by atoms with Gasteiger partial charge in [-0.1, -0.05) is 48.5 Å². The zero-order chi connectivity index (χ0) is 31.7. The van der Waals surface area contributed by atoms with Gasteiger partial charge in [0.25, 0.3) is 0 Å². The maximum Gasteiger partial charge on any atom is 0.407 e. The summed E-state index contributed by atoms with van der Waals surface area (Å²) in [5.41, 5.74) is 6.02. The minimum atomic E-state index is -0.605. The molecule has 6 rings (SSSR count). The van der Waals surface area contributed by atoms with Crippen molar-refractivity contribution >= 4 is 33.8 Å². The molecule has 3 aromatic heterocycles. The van der Waals surface area contributed by atoms with Crippen LogP contribution in [0.25, 0.3) is 33.1 Å². The highest BCUT2D eigenvalue weighted by atomic mass is 19.1. The van der Waals surface area contributed by atoms with Crippen molar-refractivity contribution in [2.24, 2.45) is 0 Å². The lowest BCUT2D eigenvalue weighted by molar-refractivity contribution is 0.0526. The molecule has 1 N–H and O–H groups in total. The van der Waals surface area contributed by atoms with Crippen molar-refractivity contribution in [3.8, 4) is 11.1 Å². The van der Waals surface area contributed by atoms with Gasteiger partial charge in [0, 0.05) is 54.1 Å². The van der Waals surface area contributed by atoms with E-state index in [4.69, 9.17) is 4.74 Å². The molecule has 3 heterocycles. The molecular formula is C36H34FN5O3. The van der Waals surface area contributed by atoms with E-state index >= 15 is 0 Å². The largest absolute Gasteiger partial charge is 0.444 e. The Balaban J connectivity index is 1.28. The van der Waals surface area contributed by atoms with E-state index in [1.165, 1.54) is 12.1 Å². The monoisotopic (exact) mass is 603 g/mol. The van der Waals surface area contributed by atoms with E-state index in [2.05, 4.69) is 19.9 Å². The van der Waals surface area contributed by atoms with Crippen molar-refractivity contribution in [2.45, 2.75) is 46.4 Å². The normalized spacial score (nSPS) is 11.7. The summed E-state index contributed by atoms with van der Waals surface area (Å²) in [5, 5.41) is 3.59. The van der Waals surface area contributed by atoms with E-state index in [1.54, 1.807) is 24.5 Å². The van der Waals surface area contributed by atoms with Crippen LogP contribution in [0.3, 0.4) is 0 Å². The molecule has 45 heavy (non-hydrogen) atoms. The molecule has 0 saturated carbocycles. The molecule has 1 amide bonds. The number of nitrogens with zero attached hydrogens (tertiary/aromatic N) is 4. The van der Waals surface area contributed by atoms with Gasteiger partial charge in [-0.15, -0.1) is 0 Å². The van der Waals surface area contributed by atoms with Crippen molar-refractivity contribution in [3.63, 3.8) is 0 Å². The van der Waals surface area contributed by atoms with Crippen LogP contribution in [0, 0.1) is 12.7 Å². The quantitative estimate of drug-likeness (QED) is 0.184. The second-order valence-corrected chi connectivity index (χ2v) is 12.0. The number of ketones is 1. The average molecular weight is 604 g/mol. The number of aryl methyl sites for hydroxylation is 1. The number of imidazole rings is 1. The lowest BCUT2D eigenvalue weighted by Gasteiger charge is -2.19. The van der Waals surface area contributed by atoms with E-state index < -0.39 is 11.7 Å². The number of ether oxygens (including phenoxy) is 1. The van der Waals surface area contributed by atoms with Gasteiger partial charge in [0.15, 0.2) is 5.78 Å². The van der Waals surface area contributed by atoms with Gasteiger partial charge >= 0.3 is 6.09 Å². The number of hydrogen-bond acceptors (Lipinski definition) is 5. The predicted molar refractivity (Wildman–Crippen MR) is 173 cm³/mol. The van der Waals surface area contributed by atoms with E-state index in [0.717, 1.165) is 44.5 Å². The summed E-state index contributed by atoms with van der Waals surface area (Å²) in [7, 11) is 0. The van der Waals surface area contributed by atoms with Gasteiger partial charge in [-0.3, -0.25) is 9.78 Å². The Kier molecular flexibility index (Phi) is 7.93. The summed E-state index contributed by atoms with van der Waals surface area (Å²) in [6.07, 6.45) is 4.85. The summed E-state index contributed by atoms with van der Waals surface area (Å²) >= 11 is 0. The highest BCUT2D eigenvalue weighted by Gasteiger charge is 2.19. The maximum atomic E-state index is 13.9. The van der Waals surface area contributed by atoms with Gasteiger partial charge in [0.1, 0.15) is 22.8 Å². The summed E-state index contributed by atoms with van der Waals surface area (Å²) in [6, 6.07) is 21.8. The van der Waals surface area contributed by atoms with Crippen LogP contribution in [0.5, 0.6) is 0 Å². The predicted octanol–water partition coefficient (Wildman–Crippen LogP) is 7.30. The molecule has 0 spiro atoms. The molecule has 228 valence electrons.